The van der Waals surface area contributed by atoms with Crippen LogP contribution in [0.4, 0.5) is 11.4 Å². The van der Waals surface area contributed by atoms with Crippen molar-refractivity contribution in [2.75, 3.05) is 11.1 Å². The number of nitrogen functional groups attached to an aromatic ring is 1. The maximum atomic E-state index is 5.91. The highest BCUT2D eigenvalue weighted by molar-refractivity contribution is 9.10. The van der Waals surface area contributed by atoms with E-state index < -0.39 is 0 Å². The van der Waals surface area contributed by atoms with Crippen LogP contribution in [0, 0.1) is 12.8 Å². The molecule has 2 rings (SSSR count). The molecular weight excluding hydrogens is 288 g/mol. The zero-order valence-electron chi connectivity index (χ0n) is 11.3. The largest absolute Gasteiger partial charge is 0.398 e. The molecule has 1 aliphatic rings. The van der Waals surface area contributed by atoms with Crippen LogP contribution >= 0.6 is 15.9 Å². The molecule has 2 atom stereocenters. The smallest absolute Gasteiger partial charge is 0.0490 e. The summed E-state index contributed by atoms with van der Waals surface area (Å²) in [5.41, 5.74) is 9.08. The number of aryl methyl sites for hydroxylation is 1. The quantitative estimate of drug-likeness (QED) is 0.612. The van der Waals surface area contributed by atoms with Crippen molar-refractivity contribution in [3.8, 4) is 0 Å². The molecule has 3 heteroatoms. The number of nitrogens with two attached hydrogens (primary N) is 1. The van der Waals surface area contributed by atoms with E-state index in [1.54, 1.807) is 0 Å². The van der Waals surface area contributed by atoms with Gasteiger partial charge in [0, 0.05) is 21.9 Å². The minimum absolute atomic E-state index is 0.606. The van der Waals surface area contributed by atoms with E-state index in [0.717, 1.165) is 21.6 Å². The van der Waals surface area contributed by atoms with Crippen LogP contribution in [0.3, 0.4) is 0 Å². The van der Waals surface area contributed by atoms with Gasteiger partial charge in [-0.2, -0.15) is 0 Å². The lowest BCUT2D eigenvalue weighted by atomic mass is 10.0. The lowest BCUT2D eigenvalue weighted by Crippen LogP contribution is -2.18. The van der Waals surface area contributed by atoms with E-state index in [1.807, 2.05) is 6.07 Å². The van der Waals surface area contributed by atoms with Gasteiger partial charge in [0.2, 0.25) is 0 Å². The second-order valence-electron chi connectivity index (χ2n) is 5.64. The summed E-state index contributed by atoms with van der Waals surface area (Å²) in [7, 11) is 0. The average Bonchev–Trinajstić information content (AvgIpc) is 2.51. The van der Waals surface area contributed by atoms with Gasteiger partial charge in [-0.15, -0.1) is 0 Å². The third kappa shape index (κ3) is 3.41. The minimum Gasteiger partial charge on any atom is -0.398 e. The first-order valence-corrected chi connectivity index (χ1v) is 7.67. The van der Waals surface area contributed by atoms with Crippen LogP contribution in [0.1, 0.15) is 44.6 Å². The van der Waals surface area contributed by atoms with Crippen molar-refractivity contribution in [2.24, 2.45) is 5.92 Å². The van der Waals surface area contributed by atoms with Gasteiger partial charge in [0.15, 0.2) is 0 Å². The molecule has 0 heterocycles. The molecule has 2 unspecified atom stereocenters. The van der Waals surface area contributed by atoms with Crippen molar-refractivity contribution in [1.29, 1.82) is 0 Å². The maximum absolute atomic E-state index is 5.91. The number of anilines is 2. The van der Waals surface area contributed by atoms with Crippen LogP contribution in [0.2, 0.25) is 0 Å². The molecule has 2 nitrogen and oxygen atoms in total. The molecule has 0 aliphatic heterocycles. The van der Waals surface area contributed by atoms with Gasteiger partial charge in [0.25, 0.3) is 0 Å². The maximum Gasteiger partial charge on any atom is 0.0490 e. The topological polar surface area (TPSA) is 38.0 Å². The van der Waals surface area contributed by atoms with Gasteiger partial charge in [0.05, 0.1) is 0 Å². The number of rotatable bonds is 2. The summed E-state index contributed by atoms with van der Waals surface area (Å²) in [5.74, 6) is 0.883. The number of nitrogens with one attached hydrogen (secondary N) is 1. The monoisotopic (exact) mass is 310 g/mol. The van der Waals surface area contributed by atoms with E-state index in [0.29, 0.717) is 6.04 Å². The molecule has 0 saturated heterocycles. The highest BCUT2D eigenvalue weighted by Gasteiger charge is 2.17. The predicted octanol–water partition coefficient (Wildman–Crippen LogP) is 4.72. The zero-order valence-corrected chi connectivity index (χ0v) is 12.9. The van der Waals surface area contributed by atoms with Gasteiger partial charge >= 0.3 is 0 Å². The van der Waals surface area contributed by atoms with Crippen LogP contribution in [0.5, 0.6) is 0 Å². The fourth-order valence-corrected chi connectivity index (χ4v) is 3.13. The van der Waals surface area contributed by atoms with Crippen molar-refractivity contribution in [2.45, 2.75) is 52.0 Å². The van der Waals surface area contributed by atoms with Crippen molar-refractivity contribution in [3.05, 3.63) is 22.2 Å². The molecule has 18 heavy (non-hydrogen) atoms. The number of hydrogen-bond acceptors (Lipinski definition) is 2. The van der Waals surface area contributed by atoms with Crippen LogP contribution in [-0.4, -0.2) is 6.04 Å². The number of benzene rings is 1. The Morgan fingerprint density at radius 2 is 2.00 bits per heavy atom. The van der Waals surface area contributed by atoms with Gasteiger partial charge in [-0.1, -0.05) is 19.8 Å². The summed E-state index contributed by atoms with van der Waals surface area (Å²) in [6.07, 6.45) is 6.60. The third-order valence-electron chi connectivity index (χ3n) is 3.97. The van der Waals surface area contributed by atoms with Crippen molar-refractivity contribution in [1.82, 2.24) is 0 Å². The summed E-state index contributed by atoms with van der Waals surface area (Å²) >= 11 is 3.60. The Hall–Kier alpha value is -0.700. The predicted molar refractivity (Wildman–Crippen MR) is 83.0 cm³/mol. The fraction of sp³-hybridized carbons (Fsp3) is 0.600. The number of halogens is 1. The van der Waals surface area contributed by atoms with Crippen LogP contribution < -0.4 is 11.1 Å². The van der Waals surface area contributed by atoms with E-state index in [1.165, 1.54) is 37.8 Å². The molecule has 1 aliphatic carbocycles. The van der Waals surface area contributed by atoms with Gasteiger partial charge in [0.1, 0.15) is 0 Å². The lowest BCUT2D eigenvalue weighted by Gasteiger charge is -2.20. The Bertz CT molecular complexity index is 417. The Balaban J connectivity index is 2.06. The molecule has 0 spiro atoms. The van der Waals surface area contributed by atoms with Crippen molar-refractivity contribution < 1.29 is 0 Å². The van der Waals surface area contributed by atoms with Gasteiger partial charge in [-0.25, -0.2) is 0 Å². The first-order chi connectivity index (χ1) is 8.56. The van der Waals surface area contributed by atoms with Crippen LogP contribution in [0.15, 0.2) is 16.6 Å². The summed E-state index contributed by atoms with van der Waals surface area (Å²) in [5, 5.41) is 3.68. The zero-order chi connectivity index (χ0) is 13.1. The van der Waals surface area contributed by atoms with Crippen LogP contribution in [0.25, 0.3) is 0 Å². The second-order valence-corrected chi connectivity index (χ2v) is 6.50. The first-order valence-electron chi connectivity index (χ1n) is 6.88. The average molecular weight is 311 g/mol. The Kier molecular flexibility index (Phi) is 4.55. The molecule has 1 fully saturated rings. The third-order valence-corrected chi connectivity index (χ3v) is 4.63. The summed E-state index contributed by atoms with van der Waals surface area (Å²) in [6.45, 7) is 4.42. The van der Waals surface area contributed by atoms with E-state index >= 15 is 0 Å². The molecule has 100 valence electrons. The molecule has 3 N–H and O–H groups in total. The number of hydrogen-bond donors (Lipinski definition) is 2. The molecule has 0 amide bonds. The first kappa shape index (κ1) is 13.7. The van der Waals surface area contributed by atoms with Gasteiger partial charge < -0.3 is 11.1 Å². The van der Waals surface area contributed by atoms with E-state index in [4.69, 9.17) is 5.73 Å². The molecule has 0 radical (unpaired) electrons. The molecular formula is C15H23BrN2. The Labute approximate surface area is 118 Å². The molecule has 1 aromatic carbocycles. The highest BCUT2D eigenvalue weighted by Crippen LogP contribution is 2.31. The van der Waals surface area contributed by atoms with Crippen molar-refractivity contribution in [3.63, 3.8) is 0 Å². The summed E-state index contributed by atoms with van der Waals surface area (Å²) in [6, 6.07) is 4.75. The highest BCUT2D eigenvalue weighted by atomic mass is 79.9. The minimum atomic E-state index is 0.606. The van der Waals surface area contributed by atoms with Gasteiger partial charge in [-0.3, -0.25) is 0 Å². The van der Waals surface area contributed by atoms with E-state index in [9.17, 15) is 0 Å². The van der Waals surface area contributed by atoms with E-state index in [-0.39, 0.29) is 0 Å². The lowest BCUT2D eigenvalue weighted by molar-refractivity contribution is 0.502. The SMILES string of the molecule is Cc1cc(NC2CCCC(C)CC2)c(Br)cc1N. The fourth-order valence-electron chi connectivity index (χ4n) is 2.66. The summed E-state index contributed by atoms with van der Waals surface area (Å²) in [4.78, 5) is 0. The Morgan fingerprint density at radius 3 is 2.78 bits per heavy atom. The standard InChI is InChI=1S/C15H23BrN2/c1-10-4-3-5-12(7-6-10)18-15-8-11(2)14(17)9-13(15)16/h8-10,12,18H,3-7,17H2,1-2H3. The Morgan fingerprint density at radius 1 is 1.22 bits per heavy atom. The van der Waals surface area contributed by atoms with Crippen LogP contribution in [-0.2, 0) is 0 Å². The van der Waals surface area contributed by atoms with Gasteiger partial charge in [-0.05, 0) is 65.7 Å². The summed E-state index contributed by atoms with van der Waals surface area (Å²) < 4.78 is 1.07. The molecule has 0 aromatic heterocycles. The molecule has 1 aromatic rings. The normalized spacial score (nSPS) is 24.6. The second kappa shape index (κ2) is 5.96. The molecule has 1 saturated carbocycles. The van der Waals surface area contributed by atoms with E-state index in [2.05, 4.69) is 41.2 Å². The molecule has 0 bridgehead atoms. The van der Waals surface area contributed by atoms with Crippen molar-refractivity contribution >= 4 is 27.3 Å².